The van der Waals surface area contributed by atoms with Crippen molar-refractivity contribution >= 4 is 0 Å². The predicted molar refractivity (Wildman–Crippen MR) is 135 cm³/mol. The highest BCUT2D eigenvalue weighted by molar-refractivity contribution is 5.20. The molecule has 1 saturated heterocycles. The van der Waals surface area contributed by atoms with Crippen LogP contribution in [0.2, 0.25) is 0 Å². The minimum absolute atomic E-state index is 0.0630. The van der Waals surface area contributed by atoms with Gasteiger partial charge in [-0.05, 0) is 124 Å². The van der Waals surface area contributed by atoms with Gasteiger partial charge in [-0.25, -0.2) is 0 Å². The topological polar surface area (TPSA) is 69.9 Å². The van der Waals surface area contributed by atoms with E-state index in [1.165, 1.54) is 12.8 Å². The van der Waals surface area contributed by atoms with Crippen molar-refractivity contribution in [1.82, 2.24) is 0 Å². The zero-order valence-corrected chi connectivity index (χ0v) is 23.2. The maximum Gasteiger partial charge on any atom is 0.0865 e. The van der Waals surface area contributed by atoms with Crippen molar-refractivity contribution in [3.8, 4) is 0 Å². The standard InChI is InChI=1S/C30H52O4/c1-25(2)20-10-15-28(6)21(27(20,5)13-11-22(25)32)17-19(31)24-18(9-14-29(24,28)7)30(8)16-12-23(34-30)26(3,4)33/h18-24,31-33H,9-17H2,1-8H3/t18-,19+,20-,21-,22+,23+,24-,27-,28+,29+,30-/m0/s1. The molecule has 5 fully saturated rings. The van der Waals surface area contributed by atoms with E-state index in [-0.39, 0.29) is 51.5 Å². The van der Waals surface area contributed by atoms with Crippen molar-refractivity contribution in [2.24, 2.45) is 45.3 Å². The normalized spacial score (nSPS) is 57.1. The van der Waals surface area contributed by atoms with Crippen molar-refractivity contribution in [3.63, 3.8) is 0 Å². The van der Waals surface area contributed by atoms with E-state index < -0.39 is 5.60 Å². The summed E-state index contributed by atoms with van der Waals surface area (Å²) in [4.78, 5) is 0. The first-order chi connectivity index (χ1) is 15.5. The lowest BCUT2D eigenvalue weighted by atomic mass is 9.35. The molecule has 4 heteroatoms. The van der Waals surface area contributed by atoms with Gasteiger partial charge in [0.15, 0.2) is 0 Å². The minimum Gasteiger partial charge on any atom is -0.393 e. The predicted octanol–water partition coefficient (Wildman–Crippen LogP) is 5.71. The fourth-order valence-electron chi connectivity index (χ4n) is 11.1. The number of hydrogen-bond donors (Lipinski definition) is 3. The number of fused-ring (bicyclic) bond motifs is 5. The molecule has 0 radical (unpaired) electrons. The number of rotatable bonds is 2. The Morgan fingerprint density at radius 3 is 2.03 bits per heavy atom. The van der Waals surface area contributed by atoms with Gasteiger partial charge in [0, 0.05) is 0 Å². The van der Waals surface area contributed by atoms with E-state index in [0.717, 1.165) is 44.9 Å². The summed E-state index contributed by atoms with van der Waals surface area (Å²) in [6.07, 6.45) is 8.72. The van der Waals surface area contributed by atoms with E-state index in [4.69, 9.17) is 4.74 Å². The molecule has 196 valence electrons. The molecule has 5 rings (SSSR count). The Kier molecular flexibility index (Phi) is 5.59. The van der Waals surface area contributed by atoms with Gasteiger partial charge in [-0.2, -0.15) is 0 Å². The van der Waals surface area contributed by atoms with Crippen LogP contribution >= 0.6 is 0 Å². The van der Waals surface area contributed by atoms with Gasteiger partial charge >= 0.3 is 0 Å². The largest absolute Gasteiger partial charge is 0.393 e. The lowest BCUT2D eigenvalue weighted by Gasteiger charge is -2.70. The number of aliphatic hydroxyl groups is 3. The summed E-state index contributed by atoms with van der Waals surface area (Å²) in [5.41, 5.74) is -0.703. The van der Waals surface area contributed by atoms with Crippen LogP contribution in [0.1, 0.15) is 113 Å². The van der Waals surface area contributed by atoms with Crippen LogP contribution in [0.15, 0.2) is 0 Å². The Morgan fingerprint density at radius 2 is 1.41 bits per heavy atom. The average molecular weight is 477 g/mol. The second-order valence-corrected chi connectivity index (χ2v) is 15.4. The summed E-state index contributed by atoms with van der Waals surface area (Å²) >= 11 is 0. The fraction of sp³-hybridized carbons (Fsp3) is 1.00. The van der Waals surface area contributed by atoms with Crippen LogP contribution in [0.3, 0.4) is 0 Å². The summed E-state index contributed by atoms with van der Waals surface area (Å²) < 4.78 is 6.66. The Bertz CT molecular complexity index is 817. The molecule has 11 atom stereocenters. The van der Waals surface area contributed by atoms with Gasteiger partial charge in [0.25, 0.3) is 0 Å². The molecule has 0 bridgehead atoms. The van der Waals surface area contributed by atoms with Crippen molar-refractivity contribution in [2.45, 2.75) is 143 Å². The molecule has 0 unspecified atom stereocenters. The molecule has 0 amide bonds. The number of ether oxygens (including phenoxy) is 1. The Balaban J connectivity index is 1.48. The van der Waals surface area contributed by atoms with Crippen LogP contribution in [0.5, 0.6) is 0 Å². The van der Waals surface area contributed by atoms with E-state index in [1.807, 2.05) is 13.8 Å². The maximum absolute atomic E-state index is 11.9. The Hall–Kier alpha value is -0.160. The first kappa shape index (κ1) is 25.5. The van der Waals surface area contributed by atoms with Crippen LogP contribution in [0, 0.1) is 45.3 Å². The highest BCUT2D eigenvalue weighted by Gasteiger charge is 2.71. The lowest BCUT2D eigenvalue weighted by Crippen LogP contribution is -2.66. The van der Waals surface area contributed by atoms with Gasteiger partial charge in [0.1, 0.15) is 0 Å². The molecule has 3 N–H and O–H groups in total. The summed E-state index contributed by atoms with van der Waals surface area (Å²) in [5, 5.41) is 33.4. The molecule has 1 aliphatic heterocycles. The molecule has 1 heterocycles. The number of hydrogen-bond acceptors (Lipinski definition) is 4. The zero-order valence-electron chi connectivity index (χ0n) is 23.2. The van der Waals surface area contributed by atoms with Gasteiger partial charge < -0.3 is 20.1 Å². The zero-order chi connectivity index (χ0) is 25.1. The fourth-order valence-corrected chi connectivity index (χ4v) is 11.1. The van der Waals surface area contributed by atoms with E-state index >= 15 is 0 Å². The molecule has 5 aliphatic rings. The van der Waals surface area contributed by atoms with Gasteiger partial charge in [-0.1, -0.05) is 34.6 Å². The van der Waals surface area contributed by atoms with E-state index in [1.54, 1.807) is 0 Å². The highest BCUT2D eigenvalue weighted by Crippen LogP contribution is 2.76. The third-order valence-corrected chi connectivity index (χ3v) is 13.3. The van der Waals surface area contributed by atoms with Crippen molar-refractivity contribution in [1.29, 1.82) is 0 Å². The molecule has 34 heavy (non-hydrogen) atoms. The monoisotopic (exact) mass is 476 g/mol. The molecule has 4 aliphatic carbocycles. The minimum atomic E-state index is -0.826. The van der Waals surface area contributed by atoms with E-state index in [2.05, 4.69) is 41.5 Å². The summed E-state index contributed by atoms with van der Waals surface area (Å²) in [6, 6.07) is 0. The first-order valence-corrected chi connectivity index (χ1v) is 14.3. The first-order valence-electron chi connectivity index (χ1n) is 14.3. The van der Waals surface area contributed by atoms with Crippen LogP contribution in [-0.4, -0.2) is 44.8 Å². The average Bonchev–Trinajstić information content (AvgIpc) is 3.30. The van der Waals surface area contributed by atoms with Crippen LogP contribution in [-0.2, 0) is 4.74 Å². The molecule has 0 spiro atoms. The van der Waals surface area contributed by atoms with Gasteiger partial charge in [-0.15, -0.1) is 0 Å². The van der Waals surface area contributed by atoms with Gasteiger partial charge in [0.05, 0.1) is 29.5 Å². The van der Waals surface area contributed by atoms with Crippen LogP contribution < -0.4 is 0 Å². The Labute approximate surface area is 208 Å². The Morgan fingerprint density at radius 1 is 0.765 bits per heavy atom. The SMILES string of the molecule is CC(C)(O)[C@H]1CC[C@@](C)([C@H]2CC[C@]3(C)[C@@H]2[C@H](O)C[C@H]2[C@@]4(C)CC[C@@H](O)C(C)(C)[C@@H]4CC[C@]23C)O1. The van der Waals surface area contributed by atoms with Gasteiger partial charge in [0.2, 0.25) is 0 Å². The quantitative estimate of drug-likeness (QED) is 0.477. The molecular formula is C30H52O4. The second kappa shape index (κ2) is 7.45. The summed E-state index contributed by atoms with van der Waals surface area (Å²) in [5.74, 6) is 1.59. The second-order valence-electron chi connectivity index (χ2n) is 15.4. The molecule has 0 aromatic carbocycles. The lowest BCUT2D eigenvalue weighted by molar-refractivity contribution is -0.248. The maximum atomic E-state index is 11.9. The van der Waals surface area contributed by atoms with E-state index in [0.29, 0.717) is 17.8 Å². The third-order valence-electron chi connectivity index (χ3n) is 13.3. The van der Waals surface area contributed by atoms with Crippen molar-refractivity contribution in [3.05, 3.63) is 0 Å². The number of aliphatic hydroxyl groups excluding tert-OH is 2. The third kappa shape index (κ3) is 3.16. The van der Waals surface area contributed by atoms with Gasteiger partial charge in [-0.3, -0.25) is 0 Å². The van der Waals surface area contributed by atoms with Crippen molar-refractivity contribution in [2.75, 3.05) is 0 Å². The molecule has 4 nitrogen and oxygen atoms in total. The van der Waals surface area contributed by atoms with Crippen LogP contribution in [0.25, 0.3) is 0 Å². The molecular weight excluding hydrogens is 424 g/mol. The molecule has 0 aromatic heterocycles. The molecule has 0 aromatic rings. The smallest absolute Gasteiger partial charge is 0.0865 e. The summed E-state index contributed by atoms with van der Waals surface area (Å²) in [6.45, 7) is 18.1. The summed E-state index contributed by atoms with van der Waals surface area (Å²) in [7, 11) is 0. The van der Waals surface area contributed by atoms with Crippen LogP contribution in [0.4, 0.5) is 0 Å². The van der Waals surface area contributed by atoms with Crippen molar-refractivity contribution < 1.29 is 20.1 Å². The molecule has 4 saturated carbocycles. The van der Waals surface area contributed by atoms with E-state index in [9.17, 15) is 15.3 Å². The highest BCUT2D eigenvalue weighted by atomic mass is 16.5.